The van der Waals surface area contributed by atoms with Crippen LogP contribution in [0.5, 0.6) is 0 Å². The monoisotopic (exact) mass is 475 g/mol. The van der Waals surface area contributed by atoms with E-state index in [1.54, 1.807) is 6.92 Å². The maximum absolute atomic E-state index is 12.8. The number of carbonyl (C=O) groups excluding carboxylic acids is 2. The number of aromatic nitrogens is 1. The standard InChI is InChI=1S/C21H22BrN3O3S/c1-2-28-21(27)15-4-3-9-25(11-15)12-19(26)17(10-23)20-24-18(13-29-20)14-5-7-16(22)8-6-14/h5-8,13,15,17H,2-4,9,11-12H2,1H3/t15-,17+/m1/s1. The van der Waals surface area contributed by atoms with Crippen molar-refractivity contribution in [3.05, 3.63) is 39.1 Å². The molecule has 2 aromatic rings. The van der Waals surface area contributed by atoms with Crippen LogP contribution in [0.15, 0.2) is 34.1 Å². The number of nitriles is 1. The molecule has 0 bridgehead atoms. The molecular weight excluding hydrogens is 454 g/mol. The van der Waals surface area contributed by atoms with E-state index in [-0.39, 0.29) is 24.2 Å². The molecule has 0 N–H and O–H groups in total. The van der Waals surface area contributed by atoms with Gasteiger partial charge < -0.3 is 4.74 Å². The van der Waals surface area contributed by atoms with E-state index in [0.717, 1.165) is 35.1 Å². The summed E-state index contributed by atoms with van der Waals surface area (Å²) in [5.41, 5.74) is 1.69. The fraction of sp³-hybridized carbons (Fsp3) is 0.429. The van der Waals surface area contributed by atoms with Gasteiger partial charge in [-0.05, 0) is 38.4 Å². The minimum Gasteiger partial charge on any atom is -0.466 e. The minimum absolute atomic E-state index is 0.140. The van der Waals surface area contributed by atoms with Gasteiger partial charge in [0.1, 0.15) is 5.01 Å². The number of hydrogen-bond acceptors (Lipinski definition) is 7. The lowest BCUT2D eigenvalue weighted by molar-refractivity contribution is -0.150. The number of hydrogen-bond donors (Lipinski definition) is 0. The van der Waals surface area contributed by atoms with Gasteiger partial charge in [-0.1, -0.05) is 28.1 Å². The van der Waals surface area contributed by atoms with Gasteiger partial charge in [0.25, 0.3) is 0 Å². The van der Waals surface area contributed by atoms with Crippen LogP contribution in [0.3, 0.4) is 0 Å². The lowest BCUT2D eigenvalue weighted by atomic mass is 9.97. The smallest absolute Gasteiger partial charge is 0.310 e. The molecule has 0 saturated carbocycles. The maximum Gasteiger partial charge on any atom is 0.310 e. The molecule has 1 saturated heterocycles. The molecule has 152 valence electrons. The second kappa shape index (κ2) is 10.1. The van der Waals surface area contributed by atoms with Gasteiger partial charge in [0.05, 0.1) is 30.8 Å². The molecule has 2 heterocycles. The molecular formula is C21H22BrN3O3S. The summed E-state index contributed by atoms with van der Waals surface area (Å²) < 4.78 is 6.09. The molecule has 0 radical (unpaired) electrons. The number of thiazole rings is 1. The summed E-state index contributed by atoms with van der Waals surface area (Å²) in [4.78, 5) is 31.3. The molecule has 0 spiro atoms. The summed E-state index contributed by atoms with van der Waals surface area (Å²) in [5.74, 6) is -1.50. The fourth-order valence-corrected chi connectivity index (χ4v) is 4.56. The highest BCUT2D eigenvalue weighted by atomic mass is 79.9. The summed E-state index contributed by atoms with van der Waals surface area (Å²) in [6, 6.07) is 9.84. The van der Waals surface area contributed by atoms with Crippen LogP contribution in [0.1, 0.15) is 30.7 Å². The Labute approximate surface area is 182 Å². The van der Waals surface area contributed by atoms with Gasteiger partial charge in [0.2, 0.25) is 0 Å². The number of carbonyl (C=O) groups is 2. The molecule has 1 aliphatic heterocycles. The predicted molar refractivity (Wildman–Crippen MR) is 114 cm³/mol. The maximum atomic E-state index is 12.8. The van der Waals surface area contributed by atoms with E-state index in [0.29, 0.717) is 18.2 Å². The van der Waals surface area contributed by atoms with Gasteiger partial charge in [-0.25, -0.2) is 4.98 Å². The molecule has 1 aliphatic rings. The summed E-state index contributed by atoms with van der Waals surface area (Å²) in [7, 11) is 0. The van der Waals surface area contributed by atoms with Crippen molar-refractivity contribution in [1.82, 2.24) is 9.88 Å². The highest BCUT2D eigenvalue weighted by Gasteiger charge is 2.31. The molecule has 0 aliphatic carbocycles. The van der Waals surface area contributed by atoms with Crippen LogP contribution in [0.4, 0.5) is 0 Å². The SMILES string of the molecule is CCOC(=O)[C@@H]1CCCN(CC(=O)[C@H](C#N)c2nc(-c3ccc(Br)cc3)cs2)C1. The van der Waals surface area contributed by atoms with Crippen molar-refractivity contribution in [2.75, 3.05) is 26.2 Å². The highest BCUT2D eigenvalue weighted by Crippen LogP contribution is 2.28. The quantitative estimate of drug-likeness (QED) is 0.562. The molecule has 0 amide bonds. The third kappa shape index (κ3) is 5.50. The van der Waals surface area contributed by atoms with Gasteiger partial charge in [-0.2, -0.15) is 5.26 Å². The van der Waals surface area contributed by atoms with Gasteiger partial charge in [0.15, 0.2) is 11.7 Å². The summed E-state index contributed by atoms with van der Waals surface area (Å²) in [5, 5.41) is 12.0. The number of nitrogens with zero attached hydrogens (tertiary/aromatic N) is 3. The van der Waals surface area contributed by atoms with Crippen molar-refractivity contribution < 1.29 is 14.3 Å². The Bertz CT molecular complexity index is 907. The number of ether oxygens (including phenoxy) is 1. The Kier molecular flexibility index (Phi) is 7.53. The van der Waals surface area contributed by atoms with Crippen molar-refractivity contribution >= 4 is 39.0 Å². The average molecular weight is 476 g/mol. The summed E-state index contributed by atoms with van der Waals surface area (Å²) in [6.45, 7) is 3.51. The number of ketones is 1. The lowest BCUT2D eigenvalue weighted by Gasteiger charge is -2.31. The van der Waals surface area contributed by atoms with Crippen LogP contribution in [0.25, 0.3) is 11.3 Å². The topological polar surface area (TPSA) is 83.3 Å². The van der Waals surface area contributed by atoms with Gasteiger partial charge in [-0.3, -0.25) is 14.5 Å². The van der Waals surface area contributed by atoms with E-state index in [1.165, 1.54) is 11.3 Å². The number of piperidine rings is 1. The van der Waals surface area contributed by atoms with Crippen molar-refractivity contribution in [2.24, 2.45) is 5.92 Å². The second-order valence-electron chi connectivity index (χ2n) is 6.93. The van der Waals surface area contributed by atoms with Crippen LogP contribution in [-0.2, 0) is 14.3 Å². The third-order valence-corrected chi connectivity index (χ3v) is 6.30. The van der Waals surface area contributed by atoms with E-state index in [1.807, 2.05) is 34.5 Å². The Morgan fingerprint density at radius 3 is 2.86 bits per heavy atom. The van der Waals surface area contributed by atoms with Crippen molar-refractivity contribution in [3.8, 4) is 17.3 Å². The third-order valence-electron chi connectivity index (χ3n) is 4.86. The Morgan fingerprint density at radius 2 is 2.17 bits per heavy atom. The zero-order valence-electron chi connectivity index (χ0n) is 16.1. The zero-order valence-corrected chi connectivity index (χ0v) is 18.5. The minimum atomic E-state index is -0.896. The molecule has 2 atom stereocenters. The molecule has 29 heavy (non-hydrogen) atoms. The van der Waals surface area contributed by atoms with Crippen molar-refractivity contribution in [3.63, 3.8) is 0 Å². The summed E-state index contributed by atoms with van der Waals surface area (Å²) >= 11 is 4.73. The molecule has 6 nitrogen and oxygen atoms in total. The van der Waals surface area contributed by atoms with Gasteiger partial charge >= 0.3 is 5.97 Å². The first-order chi connectivity index (χ1) is 14.0. The molecule has 1 aromatic carbocycles. The van der Waals surface area contributed by atoms with Gasteiger partial charge in [-0.15, -0.1) is 11.3 Å². The Morgan fingerprint density at radius 1 is 1.41 bits per heavy atom. The van der Waals surface area contributed by atoms with Crippen molar-refractivity contribution in [2.45, 2.75) is 25.7 Å². The lowest BCUT2D eigenvalue weighted by Crippen LogP contribution is -2.42. The zero-order chi connectivity index (χ0) is 20.8. The highest BCUT2D eigenvalue weighted by molar-refractivity contribution is 9.10. The Balaban J connectivity index is 1.66. The van der Waals surface area contributed by atoms with Crippen LogP contribution in [0, 0.1) is 17.2 Å². The molecule has 8 heteroatoms. The first-order valence-corrected chi connectivity index (χ1v) is 11.2. The van der Waals surface area contributed by atoms with E-state index in [2.05, 4.69) is 27.0 Å². The molecule has 1 fully saturated rings. The number of likely N-dealkylation sites (tertiary alicyclic amines) is 1. The first kappa shape index (κ1) is 21.6. The Hall–Kier alpha value is -2.08. The van der Waals surface area contributed by atoms with Crippen LogP contribution < -0.4 is 0 Å². The van der Waals surface area contributed by atoms with E-state index < -0.39 is 5.92 Å². The van der Waals surface area contributed by atoms with E-state index >= 15 is 0 Å². The average Bonchev–Trinajstić information content (AvgIpc) is 3.19. The number of rotatable bonds is 7. The summed E-state index contributed by atoms with van der Waals surface area (Å²) in [6.07, 6.45) is 1.60. The van der Waals surface area contributed by atoms with Gasteiger partial charge in [0, 0.05) is 22.0 Å². The molecule has 0 unspecified atom stereocenters. The van der Waals surface area contributed by atoms with Crippen LogP contribution in [-0.4, -0.2) is 47.9 Å². The van der Waals surface area contributed by atoms with Crippen molar-refractivity contribution in [1.29, 1.82) is 5.26 Å². The largest absolute Gasteiger partial charge is 0.466 e. The normalized spacial score (nSPS) is 18.0. The first-order valence-electron chi connectivity index (χ1n) is 9.54. The molecule has 1 aromatic heterocycles. The van der Waals surface area contributed by atoms with Crippen LogP contribution in [0.2, 0.25) is 0 Å². The fourth-order valence-electron chi connectivity index (χ4n) is 3.40. The van der Waals surface area contributed by atoms with E-state index in [9.17, 15) is 14.9 Å². The number of halogens is 1. The number of Topliss-reactive ketones (excluding diaryl/α,β-unsaturated/α-hetero) is 1. The number of benzene rings is 1. The number of esters is 1. The molecule has 3 rings (SSSR count). The second-order valence-corrected chi connectivity index (χ2v) is 8.74. The predicted octanol–water partition coefficient (Wildman–Crippen LogP) is 4.02. The van der Waals surface area contributed by atoms with Crippen LogP contribution >= 0.6 is 27.3 Å². The van der Waals surface area contributed by atoms with E-state index in [4.69, 9.17) is 4.74 Å².